The quantitative estimate of drug-likeness (QED) is 0.209. The van der Waals surface area contributed by atoms with E-state index in [0.29, 0.717) is 25.2 Å². The van der Waals surface area contributed by atoms with Crippen LogP contribution in [0.3, 0.4) is 0 Å². The lowest BCUT2D eigenvalue weighted by molar-refractivity contribution is 0.0500. The van der Waals surface area contributed by atoms with Crippen LogP contribution >= 0.6 is 0 Å². The van der Waals surface area contributed by atoms with E-state index in [0.717, 1.165) is 40.0 Å². The van der Waals surface area contributed by atoms with Gasteiger partial charge < -0.3 is 24.3 Å². The molecule has 0 bridgehead atoms. The Morgan fingerprint density at radius 3 is 2.44 bits per heavy atom. The van der Waals surface area contributed by atoms with E-state index in [9.17, 15) is 4.79 Å². The summed E-state index contributed by atoms with van der Waals surface area (Å²) < 4.78 is 13.4. The topological polar surface area (TPSA) is 94.1 Å². The number of para-hydroxylation sites is 2. The maximum Gasteiger partial charge on any atom is 0.408 e. The van der Waals surface area contributed by atoms with E-state index in [4.69, 9.17) is 9.47 Å². The number of alkyl carbamates (subject to hydrolysis) is 1. The smallest absolute Gasteiger partial charge is 0.408 e. The molecule has 0 fully saturated rings. The summed E-state index contributed by atoms with van der Waals surface area (Å²) in [6, 6.07) is 25.9. The van der Waals surface area contributed by atoms with Gasteiger partial charge in [-0.15, -0.1) is 10.2 Å². The number of nitrogens with zero attached hydrogens (tertiary/aromatic N) is 3. The number of ether oxygens (including phenoxy) is 2. The first-order valence-electron chi connectivity index (χ1n) is 13.9. The van der Waals surface area contributed by atoms with Crippen molar-refractivity contribution in [3.8, 4) is 5.75 Å². The number of aromatic nitrogens is 4. The molecule has 1 amide bonds. The molecule has 41 heavy (non-hydrogen) atoms. The van der Waals surface area contributed by atoms with Gasteiger partial charge in [-0.05, 0) is 50.5 Å². The van der Waals surface area contributed by atoms with Gasteiger partial charge in [0.2, 0.25) is 0 Å². The van der Waals surface area contributed by atoms with Crippen molar-refractivity contribution in [3.05, 3.63) is 113 Å². The Hall–Kier alpha value is -4.59. The van der Waals surface area contributed by atoms with E-state index in [1.165, 1.54) is 5.56 Å². The number of benzene rings is 3. The maximum absolute atomic E-state index is 13.1. The number of nitrogens with one attached hydrogen (secondary N) is 2. The minimum Gasteiger partial charge on any atom is -0.496 e. The van der Waals surface area contributed by atoms with Crippen LogP contribution in [-0.2, 0) is 30.5 Å². The second-order valence-electron chi connectivity index (χ2n) is 11.1. The number of rotatable bonds is 10. The molecule has 0 saturated heterocycles. The molecule has 2 N–H and O–H groups in total. The highest BCUT2D eigenvalue weighted by atomic mass is 16.6. The van der Waals surface area contributed by atoms with Gasteiger partial charge in [0.1, 0.15) is 17.2 Å². The zero-order valence-corrected chi connectivity index (χ0v) is 24.1. The van der Waals surface area contributed by atoms with E-state index in [1.807, 2.05) is 87.6 Å². The molecular weight excluding hydrogens is 514 g/mol. The monoisotopic (exact) mass is 551 g/mol. The molecule has 8 heteroatoms. The van der Waals surface area contributed by atoms with Crippen LogP contribution in [-0.4, -0.2) is 38.6 Å². The fraction of sp³-hybridized carbons (Fsp3) is 0.303. The highest BCUT2D eigenvalue weighted by Crippen LogP contribution is 2.27. The van der Waals surface area contributed by atoms with E-state index >= 15 is 0 Å². The third-order valence-corrected chi connectivity index (χ3v) is 6.96. The van der Waals surface area contributed by atoms with Gasteiger partial charge in [0.25, 0.3) is 0 Å². The Kier molecular flexibility index (Phi) is 8.38. The molecule has 0 radical (unpaired) electrons. The SMILES string of the molecule is COc1ccccc1Cn1c(CCc2ccccc2)nnc1[C@@H](Cc1c[nH]c2ccccc12)NC(=O)OC(C)(C)C. The summed E-state index contributed by atoms with van der Waals surface area (Å²) in [4.78, 5) is 16.4. The summed E-state index contributed by atoms with van der Waals surface area (Å²) in [5.74, 6) is 2.29. The molecule has 2 heterocycles. The number of aromatic amines is 1. The van der Waals surface area contributed by atoms with Gasteiger partial charge in [0, 0.05) is 35.5 Å². The number of amides is 1. The van der Waals surface area contributed by atoms with Crippen molar-refractivity contribution in [1.29, 1.82) is 0 Å². The molecular formula is C33H37N5O3. The molecule has 1 atom stereocenters. The molecule has 5 aromatic rings. The van der Waals surface area contributed by atoms with Crippen molar-refractivity contribution in [3.63, 3.8) is 0 Å². The van der Waals surface area contributed by atoms with E-state index in [-0.39, 0.29) is 0 Å². The fourth-order valence-electron chi connectivity index (χ4n) is 5.05. The lowest BCUT2D eigenvalue weighted by Crippen LogP contribution is -2.37. The summed E-state index contributed by atoms with van der Waals surface area (Å²) in [6.45, 7) is 6.06. The zero-order chi connectivity index (χ0) is 28.8. The standard InChI is InChI=1S/C33H37N5O3/c1-33(2,3)41-32(39)35-28(20-25-21-34-27-16-10-9-15-26(25)27)31-37-36-30(19-18-23-12-6-5-7-13-23)38(31)22-24-14-8-11-17-29(24)40-4/h5-17,21,28,34H,18-20,22H2,1-4H3,(H,35,39)/t28-/m1/s1. The lowest BCUT2D eigenvalue weighted by atomic mass is 10.0. The number of hydrogen-bond donors (Lipinski definition) is 2. The Balaban J connectivity index is 1.54. The third kappa shape index (κ3) is 6.95. The molecule has 0 aliphatic heterocycles. The summed E-state index contributed by atoms with van der Waals surface area (Å²) in [5.41, 5.74) is 3.70. The minimum atomic E-state index is -0.638. The van der Waals surface area contributed by atoms with Crippen molar-refractivity contribution in [1.82, 2.24) is 25.1 Å². The second kappa shape index (κ2) is 12.3. The highest BCUT2D eigenvalue weighted by Gasteiger charge is 2.27. The Morgan fingerprint density at radius 2 is 1.66 bits per heavy atom. The predicted molar refractivity (Wildman–Crippen MR) is 160 cm³/mol. The Morgan fingerprint density at radius 1 is 0.927 bits per heavy atom. The van der Waals surface area contributed by atoms with Gasteiger partial charge in [-0.2, -0.15) is 0 Å². The summed E-state index contributed by atoms with van der Waals surface area (Å²) in [7, 11) is 1.67. The van der Waals surface area contributed by atoms with Crippen LogP contribution in [0.4, 0.5) is 4.79 Å². The highest BCUT2D eigenvalue weighted by molar-refractivity contribution is 5.83. The van der Waals surface area contributed by atoms with Crippen LogP contribution in [0.15, 0.2) is 85.1 Å². The van der Waals surface area contributed by atoms with Crippen LogP contribution in [0.25, 0.3) is 10.9 Å². The minimum absolute atomic E-state index is 0.489. The average molecular weight is 552 g/mol. The zero-order valence-electron chi connectivity index (χ0n) is 24.1. The van der Waals surface area contributed by atoms with Crippen LogP contribution in [0.5, 0.6) is 5.75 Å². The Labute approximate surface area is 240 Å². The first-order chi connectivity index (χ1) is 19.8. The van der Waals surface area contributed by atoms with Crippen LogP contribution in [0, 0.1) is 0 Å². The average Bonchev–Trinajstić information content (AvgIpc) is 3.55. The van der Waals surface area contributed by atoms with Gasteiger partial charge >= 0.3 is 6.09 Å². The van der Waals surface area contributed by atoms with Crippen molar-refractivity contribution < 1.29 is 14.3 Å². The summed E-state index contributed by atoms with van der Waals surface area (Å²) in [5, 5.41) is 13.5. The fourth-order valence-corrected chi connectivity index (χ4v) is 5.05. The molecule has 0 saturated carbocycles. The number of aryl methyl sites for hydroxylation is 2. The molecule has 0 aliphatic rings. The number of hydrogen-bond acceptors (Lipinski definition) is 5. The third-order valence-electron chi connectivity index (χ3n) is 6.96. The number of H-pyrrole nitrogens is 1. The molecule has 5 rings (SSSR count). The number of carbonyl (C=O) groups excluding carboxylic acids is 1. The molecule has 8 nitrogen and oxygen atoms in total. The molecule has 0 unspecified atom stereocenters. The molecule has 0 spiro atoms. The van der Waals surface area contributed by atoms with Gasteiger partial charge in [0.05, 0.1) is 19.7 Å². The van der Waals surface area contributed by atoms with Gasteiger partial charge in [-0.1, -0.05) is 66.7 Å². The number of methoxy groups -OCH3 is 1. The summed E-state index contributed by atoms with van der Waals surface area (Å²) in [6.07, 6.45) is 3.51. The van der Waals surface area contributed by atoms with Gasteiger partial charge in [-0.3, -0.25) is 0 Å². The predicted octanol–water partition coefficient (Wildman–Crippen LogP) is 6.41. The van der Waals surface area contributed by atoms with Crippen molar-refractivity contribution in [2.45, 2.75) is 58.2 Å². The van der Waals surface area contributed by atoms with Crippen molar-refractivity contribution in [2.24, 2.45) is 0 Å². The Bertz CT molecular complexity index is 1600. The number of carbonyl (C=O) groups is 1. The normalized spacial score (nSPS) is 12.3. The maximum atomic E-state index is 13.1. The van der Waals surface area contributed by atoms with E-state index < -0.39 is 17.7 Å². The molecule has 0 aliphatic carbocycles. The van der Waals surface area contributed by atoms with Gasteiger partial charge in [-0.25, -0.2) is 4.79 Å². The largest absolute Gasteiger partial charge is 0.496 e. The van der Waals surface area contributed by atoms with Crippen LogP contribution in [0.1, 0.15) is 55.2 Å². The summed E-state index contributed by atoms with van der Waals surface area (Å²) >= 11 is 0. The van der Waals surface area contributed by atoms with Crippen molar-refractivity contribution >= 4 is 17.0 Å². The van der Waals surface area contributed by atoms with Gasteiger partial charge in [0.15, 0.2) is 5.82 Å². The second-order valence-corrected chi connectivity index (χ2v) is 11.1. The first-order valence-corrected chi connectivity index (χ1v) is 13.9. The first kappa shape index (κ1) is 28.0. The number of fused-ring (bicyclic) bond motifs is 1. The van der Waals surface area contributed by atoms with Crippen LogP contribution < -0.4 is 10.1 Å². The van der Waals surface area contributed by atoms with Crippen molar-refractivity contribution in [2.75, 3.05) is 7.11 Å². The van der Waals surface area contributed by atoms with Crippen LogP contribution in [0.2, 0.25) is 0 Å². The van der Waals surface area contributed by atoms with E-state index in [1.54, 1.807) is 7.11 Å². The molecule has 3 aromatic carbocycles. The van der Waals surface area contributed by atoms with E-state index in [2.05, 4.69) is 43.3 Å². The molecule has 212 valence electrons. The lowest BCUT2D eigenvalue weighted by Gasteiger charge is -2.24. The molecule has 2 aromatic heterocycles.